The standard InChI is InChI=1S/C17H21FN4O3S/c1-12-16(10-19-21(12)2)20-17(23)13-4-3-9-22(11-13)26(24,25)15-7-5-14(18)6-8-15/h5-8,10,13H,3-4,9,11H2,1-2H3,(H,20,23). The second kappa shape index (κ2) is 7.16. The van der Waals surface area contributed by atoms with Gasteiger partial charge in [0.1, 0.15) is 5.82 Å². The number of carbonyl (C=O) groups excluding carboxylic acids is 1. The summed E-state index contributed by atoms with van der Waals surface area (Å²) in [5, 5.41) is 6.91. The summed E-state index contributed by atoms with van der Waals surface area (Å²) in [6, 6.07) is 4.72. The van der Waals surface area contributed by atoms with Crippen LogP contribution in [0.4, 0.5) is 10.1 Å². The lowest BCUT2D eigenvalue weighted by atomic mass is 9.99. The molecule has 26 heavy (non-hydrogen) atoms. The van der Waals surface area contributed by atoms with E-state index in [1.165, 1.54) is 16.4 Å². The van der Waals surface area contributed by atoms with E-state index in [2.05, 4.69) is 10.4 Å². The Morgan fingerprint density at radius 3 is 2.62 bits per heavy atom. The summed E-state index contributed by atoms with van der Waals surface area (Å²) in [5.74, 6) is -1.16. The van der Waals surface area contributed by atoms with E-state index in [0.717, 1.165) is 17.8 Å². The Balaban J connectivity index is 1.73. The van der Waals surface area contributed by atoms with Crippen molar-refractivity contribution < 1.29 is 17.6 Å². The maximum atomic E-state index is 13.1. The van der Waals surface area contributed by atoms with Crippen molar-refractivity contribution in [3.8, 4) is 0 Å². The van der Waals surface area contributed by atoms with Gasteiger partial charge in [-0.2, -0.15) is 9.40 Å². The average molecular weight is 380 g/mol. The third-order valence-electron chi connectivity index (χ3n) is 4.70. The predicted octanol–water partition coefficient (Wildman–Crippen LogP) is 1.91. The smallest absolute Gasteiger partial charge is 0.243 e. The molecule has 1 saturated heterocycles. The minimum atomic E-state index is -3.75. The lowest BCUT2D eigenvalue weighted by Gasteiger charge is -2.31. The van der Waals surface area contributed by atoms with Gasteiger partial charge in [-0.05, 0) is 44.0 Å². The number of sulfonamides is 1. The summed E-state index contributed by atoms with van der Waals surface area (Å²) in [4.78, 5) is 12.6. The molecule has 2 aromatic rings. The lowest BCUT2D eigenvalue weighted by Crippen LogP contribution is -2.43. The van der Waals surface area contributed by atoms with Crippen molar-refractivity contribution in [2.75, 3.05) is 18.4 Å². The normalized spacial score (nSPS) is 18.7. The topological polar surface area (TPSA) is 84.3 Å². The largest absolute Gasteiger partial charge is 0.323 e. The predicted molar refractivity (Wildman–Crippen MR) is 94.5 cm³/mol. The molecular weight excluding hydrogens is 359 g/mol. The molecule has 3 rings (SSSR count). The van der Waals surface area contributed by atoms with Crippen molar-refractivity contribution >= 4 is 21.6 Å². The molecule has 1 unspecified atom stereocenters. The zero-order valence-corrected chi connectivity index (χ0v) is 15.5. The number of nitrogens with one attached hydrogen (secondary N) is 1. The van der Waals surface area contributed by atoms with Crippen LogP contribution in [0.15, 0.2) is 35.4 Å². The first-order valence-corrected chi connectivity index (χ1v) is 9.78. The highest BCUT2D eigenvalue weighted by Crippen LogP contribution is 2.25. The zero-order valence-electron chi connectivity index (χ0n) is 14.6. The highest BCUT2D eigenvalue weighted by molar-refractivity contribution is 7.89. The third-order valence-corrected chi connectivity index (χ3v) is 6.58. The van der Waals surface area contributed by atoms with Crippen LogP contribution in [0.25, 0.3) is 0 Å². The van der Waals surface area contributed by atoms with Crippen LogP contribution in [0.2, 0.25) is 0 Å². The molecule has 2 heterocycles. The van der Waals surface area contributed by atoms with Crippen LogP contribution in [-0.2, 0) is 21.9 Å². The second-order valence-corrected chi connectivity index (χ2v) is 8.35. The molecule has 1 aliphatic heterocycles. The Kier molecular flexibility index (Phi) is 5.10. The van der Waals surface area contributed by atoms with E-state index in [0.29, 0.717) is 25.1 Å². The third kappa shape index (κ3) is 3.63. The van der Waals surface area contributed by atoms with E-state index in [1.807, 2.05) is 6.92 Å². The second-order valence-electron chi connectivity index (χ2n) is 6.41. The molecule has 7 nitrogen and oxygen atoms in total. The minimum absolute atomic E-state index is 0.0306. The van der Waals surface area contributed by atoms with Crippen molar-refractivity contribution in [2.45, 2.75) is 24.7 Å². The Morgan fingerprint density at radius 2 is 2.00 bits per heavy atom. The number of aromatic nitrogens is 2. The maximum Gasteiger partial charge on any atom is 0.243 e. The summed E-state index contributed by atoms with van der Waals surface area (Å²) in [6.45, 7) is 2.29. The Bertz CT molecular complexity index is 909. The first-order valence-electron chi connectivity index (χ1n) is 8.34. The molecular formula is C17H21FN4O3S. The van der Waals surface area contributed by atoms with Gasteiger partial charge in [0.15, 0.2) is 0 Å². The van der Waals surface area contributed by atoms with E-state index in [9.17, 15) is 17.6 Å². The molecule has 0 aliphatic carbocycles. The van der Waals surface area contributed by atoms with E-state index in [4.69, 9.17) is 0 Å². The highest BCUT2D eigenvalue weighted by atomic mass is 32.2. The SMILES string of the molecule is Cc1c(NC(=O)C2CCCN(S(=O)(=O)c3ccc(F)cc3)C2)cnn1C. The van der Waals surface area contributed by atoms with Crippen LogP contribution in [0, 0.1) is 18.7 Å². The van der Waals surface area contributed by atoms with Crippen molar-refractivity contribution in [1.82, 2.24) is 14.1 Å². The number of nitrogens with zero attached hydrogens (tertiary/aromatic N) is 3. The van der Waals surface area contributed by atoms with Crippen LogP contribution >= 0.6 is 0 Å². The van der Waals surface area contributed by atoms with Crippen molar-refractivity contribution in [3.63, 3.8) is 0 Å². The number of aryl methyl sites for hydroxylation is 1. The molecule has 1 N–H and O–H groups in total. The van der Waals surface area contributed by atoms with Gasteiger partial charge < -0.3 is 5.32 Å². The molecule has 0 bridgehead atoms. The quantitative estimate of drug-likeness (QED) is 0.878. The summed E-state index contributed by atoms with van der Waals surface area (Å²) in [5.41, 5.74) is 1.45. The van der Waals surface area contributed by atoms with Crippen LogP contribution in [0.3, 0.4) is 0 Å². The number of rotatable bonds is 4. The molecule has 9 heteroatoms. The molecule has 1 fully saturated rings. The maximum absolute atomic E-state index is 13.1. The van der Waals surface area contributed by atoms with Gasteiger partial charge in [0.2, 0.25) is 15.9 Å². The first-order chi connectivity index (χ1) is 12.3. The van der Waals surface area contributed by atoms with Gasteiger partial charge in [-0.15, -0.1) is 0 Å². The van der Waals surface area contributed by atoms with E-state index in [1.54, 1.807) is 17.9 Å². The number of halogens is 1. The van der Waals surface area contributed by atoms with Crippen LogP contribution in [0.1, 0.15) is 18.5 Å². The monoisotopic (exact) mass is 380 g/mol. The molecule has 0 radical (unpaired) electrons. The number of hydrogen-bond donors (Lipinski definition) is 1. The molecule has 140 valence electrons. The Morgan fingerprint density at radius 1 is 1.31 bits per heavy atom. The molecule has 1 amide bonds. The zero-order chi connectivity index (χ0) is 18.9. The fraction of sp³-hybridized carbons (Fsp3) is 0.412. The lowest BCUT2D eigenvalue weighted by molar-refractivity contribution is -0.120. The molecule has 0 spiro atoms. The van der Waals surface area contributed by atoms with Crippen LogP contribution in [0.5, 0.6) is 0 Å². The van der Waals surface area contributed by atoms with Crippen molar-refractivity contribution in [2.24, 2.45) is 13.0 Å². The molecule has 1 aliphatic rings. The Labute approximate surface area is 151 Å². The number of hydrogen-bond acceptors (Lipinski definition) is 4. The summed E-state index contributed by atoms with van der Waals surface area (Å²) in [7, 11) is -1.97. The number of piperidine rings is 1. The number of benzene rings is 1. The highest BCUT2D eigenvalue weighted by Gasteiger charge is 2.33. The summed E-state index contributed by atoms with van der Waals surface area (Å²) in [6.07, 6.45) is 2.77. The Hall–Kier alpha value is -2.26. The fourth-order valence-corrected chi connectivity index (χ4v) is 4.51. The van der Waals surface area contributed by atoms with Gasteiger partial charge in [-0.3, -0.25) is 9.48 Å². The van der Waals surface area contributed by atoms with E-state index in [-0.39, 0.29) is 17.3 Å². The number of anilines is 1. The average Bonchev–Trinajstić information content (AvgIpc) is 2.94. The minimum Gasteiger partial charge on any atom is -0.323 e. The molecule has 0 saturated carbocycles. The molecule has 1 aromatic carbocycles. The van der Waals surface area contributed by atoms with Gasteiger partial charge in [-0.1, -0.05) is 0 Å². The summed E-state index contributed by atoms with van der Waals surface area (Å²) < 4.78 is 41.5. The molecule has 1 atom stereocenters. The van der Waals surface area contributed by atoms with Crippen LogP contribution < -0.4 is 5.32 Å². The van der Waals surface area contributed by atoms with Gasteiger partial charge in [-0.25, -0.2) is 12.8 Å². The van der Waals surface area contributed by atoms with Crippen molar-refractivity contribution in [3.05, 3.63) is 42.0 Å². The van der Waals surface area contributed by atoms with Crippen LogP contribution in [-0.4, -0.2) is 41.5 Å². The van der Waals surface area contributed by atoms with Crippen molar-refractivity contribution in [1.29, 1.82) is 0 Å². The van der Waals surface area contributed by atoms with Gasteiger partial charge >= 0.3 is 0 Å². The van der Waals surface area contributed by atoms with Gasteiger partial charge in [0.05, 0.1) is 28.4 Å². The fourth-order valence-electron chi connectivity index (χ4n) is 2.99. The molecule has 1 aromatic heterocycles. The number of carbonyl (C=O) groups is 1. The van der Waals surface area contributed by atoms with E-state index < -0.39 is 21.8 Å². The van der Waals surface area contributed by atoms with Gasteiger partial charge in [0, 0.05) is 20.1 Å². The van der Waals surface area contributed by atoms with E-state index >= 15 is 0 Å². The summed E-state index contributed by atoms with van der Waals surface area (Å²) >= 11 is 0. The number of amides is 1. The van der Waals surface area contributed by atoms with Gasteiger partial charge in [0.25, 0.3) is 0 Å². The first kappa shape index (κ1) is 18.5.